The number of halogens is 2. The summed E-state index contributed by atoms with van der Waals surface area (Å²) in [7, 11) is -3.80. The first-order chi connectivity index (χ1) is 9.79. The lowest BCUT2D eigenvalue weighted by atomic mass is 10.1. The summed E-state index contributed by atoms with van der Waals surface area (Å²) in [5, 5.41) is 9.51. The second-order valence-electron chi connectivity index (χ2n) is 4.48. The molecule has 1 unspecified atom stereocenters. The molecule has 112 valence electrons. The molecular formula is C14H13BrFNO3S. The van der Waals surface area contributed by atoms with Gasteiger partial charge in [0.25, 0.3) is 10.0 Å². The van der Waals surface area contributed by atoms with Gasteiger partial charge in [-0.15, -0.1) is 0 Å². The van der Waals surface area contributed by atoms with Crippen LogP contribution in [0.15, 0.2) is 51.8 Å². The monoisotopic (exact) mass is 373 g/mol. The molecule has 21 heavy (non-hydrogen) atoms. The summed E-state index contributed by atoms with van der Waals surface area (Å²) in [6.07, 6.45) is -0.764. The van der Waals surface area contributed by atoms with E-state index in [-0.39, 0.29) is 15.1 Å². The highest BCUT2D eigenvalue weighted by molar-refractivity contribution is 9.10. The number of hydrogen-bond acceptors (Lipinski definition) is 3. The maximum atomic E-state index is 13.1. The maximum Gasteiger partial charge on any atom is 0.261 e. The normalized spacial score (nSPS) is 13.0. The minimum atomic E-state index is -3.80. The van der Waals surface area contributed by atoms with Crippen molar-refractivity contribution in [2.75, 3.05) is 4.72 Å². The Balaban J connectivity index is 2.33. The molecule has 0 aromatic heterocycles. The molecule has 0 saturated heterocycles. The quantitative estimate of drug-likeness (QED) is 0.862. The minimum Gasteiger partial charge on any atom is -0.389 e. The Bertz CT molecular complexity index is 763. The van der Waals surface area contributed by atoms with E-state index in [9.17, 15) is 17.9 Å². The van der Waals surface area contributed by atoms with Crippen molar-refractivity contribution in [1.29, 1.82) is 0 Å². The summed E-state index contributed by atoms with van der Waals surface area (Å²) in [6, 6.07) is 9.84. The highest BCUT2D eigenvalue weighted by atomic mass is 79.9. The Morgan fingerprint density at radius 2 is 1.95 bits per heavy atom. The van der Waals surface area contributed by atoms with Crippen molar-refractivity contribution in [3.63, 3.8) is 0 Å². The molecular weight excluding hydrogens is 361 g/mol. The van der Waals surface area contributed by atoms with Crippen molar-refractivity contribution in [2.24, 2.45) is 0 Å². The highest BCUT2D eigenvalue weighted by Crippen LogP contribution is 2.23. The van der Waals surface area contributed by atoms with Gasteiger partial charge in [-0.25, -0.2) is 12.8 Å². The lowest BCUT2D eigenvalue weighted by Crippen LogP contribution is -2.13. The van der Waals surface area contributed by atoms with Crippen molar-refractivity contribution in [2.45, 2.75) is 17.9 Å². The van der Waals surface area contributed by atoms with Crippen LogP contribution in [-0.2, 0) is 10.0 Å². The molecule has 0 bridgehead atoms. The molecule has 0 aliphatic heterocycles. The van der Waals surface area contributed by atoms with Gasteiger partial charge in [-0.3, -0.25) is 4.72 Å². The molecule has 0 aliphatic carbocycles. The van der Waals surface area contributed by atoms with Crippen molar-refractivity contribution < 1.29 is 17.9 Å². The molecule has 2 aromatic rings. The molecule has 0 amide bonds. The van der Waals surface area contributed by atoms with E-state index in [2.05, 4.69) is 20.7 Å². The number of nitrogens with one attached hydrogen (secondary N) is 1. The third-order valence-corrected chi connectivity index (χ3v) is 4.81. The fourth-order valence-corrected chi connectivity index (χ4v) is 3.20. The third kappa shape index (κ3) is 3.81. The molecule has 0 fully saturated rings. The number of benzene rings is 2. The summed E-state index contributed by atoms with van der Waals surface area (Å²) < 4.78 is 40.2. The van der Waals surface area contributed by atoms with Crippen molar-refractivity contribution in [3.8, 4) is 0 Å². The predicted octanol–water partition coefficient (Wildman–Crippen LogP) is 3.44. The van der Waals surface area contributed by atoms with Crippen molar-refractivity contribution >= 4 is 31.6 Å². The zero-order chi connectivity index (χ0) is 15.6. The van der Waals surface area contributed by atoms with Crippen LogP contribution in [0.1, 0.15) is 18.6 Å². The fourth-order valence-electron chi connectivity index (χ4n) is 1.72. The average Bonchev–Trinajstić information content (AvgIpc) is 2.43. The molecule has 4 nitrogen and oxygen atoms in total. The molecule has 0 radical (unpaired) electrons. The predicted molar refractivity (Wildman–Crippen MR) is 82.0 cm³/mol. The van der Waals surface area contributed by atoms with Crippen LogP contribution in [0, 0.1) is 5.82 Å². The minimum absolute atomic E-state index is 0.0290. The third-order valence-electron chi connectivity index (χ3n) is 2.82. The Hall–Kier alpha value is -1.44. The van der Waals surface area contributed by atoms with E-state index >= 15 is 0 Å². The summed E-state index contributed by atoms with van der Waals surface area (Å²) in [6.45, 7) is 1.55. The lowest BCUT2D eigenvalue weighted by Gasteiger charge is -2.11. The van der Waals surface area contributed by atoms with Crippen molar-refractivity contribution in [1.82, 2.24) is 0 Å². The van der Waals surface area contributed by atoms with E-state index in [1.807, 2.05) is 0 Å². The Morgan fingerprint density at radius 3 is 2.57 bits per heavy atom. The molecule has 0 spiro atoms. The van der Waals surface area contributed by atoms with Crippen LogP contribution < -0.4 is 4.72 Å². The number of aliphatic hydroxyl groups is 1. The number of sulfonamides is 1. The van der Waals surface area contributed by atoms with Gasteiger partial charge in [0.15, 0.2) is 0 Å². The van der Waals surface area contributed by atoms with Crippen molar-refractivity contribution in [3.05, 3.63) is 58.3 Å². The average molecular weight is 374 g/mol. The molecule has 0 heterocycles. The van der Waals surface area contributed by atoms with Crippen LogP contribution in [0.25, 0.3) is 0 Å². The Morgan fingerprint density at radius 1 is 1.24 bits per heavy atom. The first-order valence-corrected chi connectivity index (χ1v) is 8.33. The van der Waals surface area contributed by atoms with Crippen LogP contribution in [0.4, 0.5) is 10.1 Å². The van der Waals surface area contributed by atoms with Gasteiger partial charge in [0, 0.05) is 0 Å². The zero-order valence-electron chi connectivity index (χ0n) is 11.0. The summed E-state index contributed by atoms with van der Waals surface area (Å²) in [5.74, 6) is -0.478. The van der Waals surface area contributed by atoms with Gasteiger partial charge in [0.1, 0.15) is 5.82 Å². The first-order valence-electron chi connectivity index (χ1n) is 6.05. The van der Waals surface area contributed by atoms with E-state index in [4.69, 9.17) is 0 Å². The molecule has 2 N–H and O–H groups in total. The number of anilines is 1. The smallest absolute Gasteiger partial charge is 0.261 e. The summed E-state index contributed by atoms with van der Waals surface area (Å²) >= 11 is 3.00. The van der Waals surface area contributed by atoms with Gasteiger partial charge in [0.05, 0.1) is 21.2 Å². The second kappa shape index (κ2) is 6.13. The molecule has 7 heteroatoms. The van der Waals surface area contributed by atoms with Crippen LogP contribution >= 0.6 is 15.9 Å². The first kappa shape index (κ1) is 15.9. The molecule has 0 aliphatic rings. The van der Waals surface area contributed by atoms with Gasteiger partial charge in [-0.05, 0) is 58.7 Å². The van der Waals surface area contributed by atoms with Gasteiger partial charge < -0.3 is 5.11 Å². The van der Waals surface area contributed by atoms with Crippen LogP contribution in [-0.4, -0.2) is 13.5 Å². The molecule has 0 saturated carbocycles. The van der Waals surface area contributed by atoms with Gasteiger partial charge in [0.2, 0.25) is 0 Å². The number of aliphatic hydroxyl groups excluding tert-OH is 1. The summed E-state index contributed by atoms with van der Waals surface area (Å²) in [4.78, 5) is 0.0290. The molecule has 2 aromatic carbocycles. The van der Waals surface area contributed by atoms with Crippen LogP contribution in [0.5, 0.6) is 0 Å². The van der Waals surface area contributed by atoms with Crippen LogP contribution in [0.2, 0.25) is 0 Å². The lowest BCUT2D eigenvalue weighted by molar-refractivity contribution is 0.199. The largest absolute Gasteiger partial charge is 0.389 e. The zero-order valence-corrected chi connectivity index (χ0v) is 13.4. The van der Waals surface area contributed by atoms with Gasteiger partial charge in [-0.1, -0.05) is 12.1 Å². The van der Waals surface area contributed by atoms with E-state index in [1.54, 1.807) is 19.1 Å². The fraction of sp³-hybridized carbons (Fsp3) is 0.143. The number of hydrogen-bond donors (Lipinski definition) is 2. The van der Waals surface area contributed by atoms with E-state index in [1.165, 1.54) is 24.3 Å². The maximum absolute atomic E-state index is 13.1. The topological polar surface area (TPSA) is 66.4 Å². The molecule has 2 rings (SSSR count). The second-order valence-corrected chi connectivity index (χ2v) is 7.02. The van der Waals surface area contributed by atoms with E-state index < -0.39 is 21.9 Å². The standard InChI is InChI=1S/C14H13BrFNO3S/c1-9(18)10-3-2-4-12(7-10)21(19,20)17-11-5-6-14(16)13(15)8-11/h2-9,17-18H,1H3. The van der Waals surface area contributed by atoms with Gasteiger partial charge in [-0.2, -0.15) is 0 Å². The van der Waals surface area contributed by atoms with Crippen LogP contribution in [0.3, 0.4) is 0 Å². The highest BCUT2D eigenvalue weighted by Gasteiger charge is 2.16. The van der Waals surface area contributed by atoms with E-state index in [0.29, 0.717) is 5.56 Å². The Labute approximate surface area is 130 Å². The number of rotatable bonds is 4. The Kier molecular flexibility index (Phi) is 4.65. The molecule has 1 atom stereocenters. The van der Waals surface area contributed by atoms with E-state index in [0.717, 1.165) is 6.07 Å². The van der Waals surface area contributed by atoms with Gasteiger partial charge >= 0.3 is 0 Å². The summed E-state index contributed by atoms with van der Waals surface area (Å²) in [5.41, 5.74) is 0.740. The SMILES string of the molecule is CC(O)c1cccc(S(=O)(=O)Nc2ccc(F)c(Br)c2)c1.